The molecule has 0 aliphatic rings. The third-order valence-corrected chi connectivity index (χ3v) is 1.78. The predicted molar refractivity (Wildman–Crippen MR) is 50.6 cm³/mol. The first-order valence-corrected chi connectivity index (χ1v) is 3.86. The molecular weight excluding hydrogens is 208 g/mol. The van der Waals surface area contributed by atoms with Crippen LogP contribution >= 0.6 is 0 Å². The van der Waals surface area contributed by atoms with Crippen LogP contribution in [-0.4, -0.2) is 17.2 Å². The minimum Gasteiger partial charge on any atom is -0.423 e. The number of hydrogen-bond donors (Lipinski definition) is 2. The lowest BCUT2D eigenvalue weighted by Crippen LogP contribution is -2.36. The summed E-state index contributed by atoms with van der Waals surface area (Å²) in [6, 6.07) is 1.59. The predicted octanol–water partition coefficient (Wildman–Crippen LogP) is 0.948. The molecule has 0 bridgehead atoms. The normalized spacial score (nSPS) is 18.3. The molecule has 0 heterocycles. The molecule has 1 aromatic rings. The van der Waals surface area contributed by atoms with Gasteiger partial charge < -0.3 is 10.0 Å². The average Bonchev–Trinajstić information content (AvgIpc) is 2.25. The zero-order valence-corrected chi connectivity index (χ0v) is 7.34. The number of aryl methyl sites for hydroxylation is 1. The quantitative estimate of drug-likeness (QED) is 0.732. The third-order valence-electron chi connectivity index (χ3n) is 1.78. The first-order valence-electron chi connectivity index (χ1n) is 6.36. The summed E-state index contributed by atoms with van der Waals surface area (Å²) in [5.74, 6) is 0. The second-order valence-electron chi connectivity index (χ2n) is 2.80. The lowest BCUT2D eigenvalue weighted by Gasteiger charge is -2.13. The van der Waals surface area contributed by atoms with Crippen LogP contribution in [-0.2, 0) is 12.5 Å². The summed E-state index contributed by atoms with van der Waals surface area (Å²) in [6.07, 6.45) is -7.79. The average molecular weight is 223 g/mol. The Labute approximate surface area is 92.5 Å². The molecule has 1 aromatic carbocycles. The molecule has 0 saturated heterocycles. The van der Waals surface area contributed by atoms with E-state index in [-0.39, 0.29) is 0 Å². The maximum absolute atomic E-state index is 12.6. The van der Waals surface area contributed by atoms with Crippen LogP contribution in [0.2, 0.25) is 0 Å². The SMILES string of the molecule is [2H]C([2H])([2H])C([2H])([2H])c1ccc(C(F)(F)F)c(B(O)O)c1. The van der Waals surface area contributed by atoms with Crippen LogP contribution in [0, 0.1) is 0 Å². The van der Waals surface area contributed by atoms with Crippen LogP contribution in [0.4, 0.5) is 13.2 Å². The van der Waals surface area contributed by atoms with Crippen LogP contribution in [0.3, 0.4) is 0 Å². The standard InChI is InChI=1S/C9H10BF3O2/c1-2-6-3-4-7(9(11,12)13)8(5-6)10(14)15/h3-5,14-15H,2H2,1H3/i1D3,2D2. The van der Waals surface area contributed by atoms with Crippen molar-refractivity contribution in [3.8, 4) is 0 Å². The molecule has 0 spiro atoms. The van der Waals surface area contributed by atoms with Crippen LogP contribution in [0.1, 0.15) is 24.8 Å². The second kappa shape index (κ2) is 4.24. The summed E-state index contributed by atoms with van der Waals surface area (Å²) < 4.78 is 73.9. The molecule has 2 N–H and O–H groups in total. The van der Waals surface area contributed by atoms with E-state index in [4.69, 9.17) is 16.9 Å². The zero-order chi connectivity index (χ0) is 15.9. The van der Waals surface area contributed by atoms with E-state index in [2.05, 4.69) is 0 Å². The number of rotatable bonds is 2. The highest BCUT2D eigenvalue weighted by Gasteiger charge is 2.36. The Hall–Kier alpha value is -1.01. The lowest BCUT2D eigenvalue weighted by atomic mass is 9.76. The van der Waals surface area contributed by atoms with Crippen molar-refractivity contribution in [2.24, 2.45) is 0 Å². The lowest BCUT2D eigenvalue weighted by molar-refractivity contribution is -0.136. The zero-order valence-electron chi connectivity index (χ0n) is 12.3. The van der Waals surface area contributed by atoms with Crippen molar-refractivity contribution >= 4 is 12.6 Å². The molecular formula is C9H10BF3O2. The maximum Gasteiger partial charge on any atom is 0.489 e. The Morgan fingerprint density at radius 3 is 2.60 bits per heavy atom. The Morgan fingerprint density at radius 2 is 2.13 bits per heavy atom. The highest BCUT2D eigenvalue weighted by Crippen LogP contribution is 2.28. The van der Waals surface area contributed by atoms with Crippen LogP contribution < -0.4 is 5.46 Å². The van der Waals surface area contributed by atoms with Gasteiger partial charge in [0.15, 0.2) is 0 Å². The third kappa shape index (κ3) is 2.73. The monoisotopic (exact) mass is 223 g/mol. The van der Waals surface area contributed by atoms with Gasteiger partial charge in [0.05, 0.1) is 5.56 Å². The van der Waals surface area contributed by atoms with Crippen molar-refractivity contribution in [3.05, 3.63) is 29.3 Å². The summed E-state index contributed by atoms with van der Waals surface area (Å²) in [4.78, 5) is 0. The summed E-state index contributed by atoms with van der Waals surface area (Å²) in [6.45, 7) is -3.11. The molecule has 0 unspecified atom stereocenters. The van der Waals surface area contributed by atoms with Crippen molar-refractivity contribution in [1.82, 2.24) is 0 Å². The Bertz CT molecular complexity index is 501. The molecule has 1 rings (SSSR count). The highest BCUT2D eigenvalue weighted by atomic mass is 19.4. The molecule has 0 saturated carbocycles. The fourth-order valence-electron chi connectivity index (χ4n) is 1.11. The first kappa shape index (κ1) is 6.55. The molecule has 0 atom stereocenters. The summed E-state index contributed by atoms with van der Waals surface area (Å²) in [5.41, 5.74) is -2.95. The largest absolute Gasteiger partial charge is 0.489 e. The second-order valence-corrected chi connectivity index (χ2v) is 2.80. The van der Waals surface area contributed by atoms with Gasteiger partial charge in [0, 0.05) is 6.85 Å². The van der Waals surface area contributed by atoms with E-state index < -0.39 is 43.1 Å². The van der Waals surface area contributed by atoms with Gasteiger partial charge in [-0.1, -0.05) is 25.1 Å². The molecule has 0 radical (unpaired) electrons. The Kier molecular flexibility index (Phi) is 1.85. The van der Waals surface area contributed by atoms with Gasteiger partial charge in [-0.3, -0.25) is 0 Å². The number of benzene rings is 1. The Morgan fingerprint density at radius 1 is 1.47 bits per heavy atom. The van der Waals surface area contributed by atoms with Crippen molar-refractivity contribution in [1.29, 1.82) is 0 Å². The van der Waals surface area contributed by atoms with E-state index in [1.807, 2.05) is 0 Å². The van der Waals surface area contributed by atoms with E-state index in [0.29, 0.717) is 18.2 Å². The number of hydrogen-bond acceptors (Lipinski definition) is 2. The molecule has 2 nitrogen and oxygen atoms in total. The summed E-state index contributed by atoms with van der Waals surface area (Å²) >= 11 is 0. The summed E-state index contributed by atoms with van der Waals surface area (Å²) in [7, 11) is -2.50. The minimum atomic E-state index is -4.87. The van der Waals surface area contributed by atoms with E-state index in [9.17, 15) is 13.2 Å². The Balaban J connectivity index is 3.46. The minimum absolute atomic E-state index is 0.424. The van der Waals surface area contributed by atoms with Gasteiger partial charge in [0.1, 0.15) is 0 Å². The topological polar surface area (TPSA) is 40.5 Å². The van der Waals surface area contributed by atoms with Gasteiger partial charge in [0.25, 0.3) is 0 Å². The molecule has 0 fully saturated rings. The summed E-state index contributed by atoms with van der Waals surface area (Å²) in [5, 5.41) is 17.9. The van der Waals surface area contributed by atoms with Gasteiger partial charge in [-0.2, -0.15) is 13.2 Å². The van der Waals surface area contributed by atoms with Gasteiger partial charge >= 0.3 is 13.3 Å². The maximum atomic E-state index is 12.6. The fraction of sp³-hybridized carbons (Fsp3) is 0.333. The van der Waals surface area contributed by atoms with Gasteiger partial charge in [-0.15, -0.1) is 0 Å². The van der Waals surface area contributed by atoms with Crippen molar-refractivity contribution < 1.29 is 30.1 Å². The smallest absolute Gasteiger partial charge is 0.423 e. The number of alkyl halides is 3. The fourth-order valence-corrected chi connectivity index (χ4v) is 1.11. The van der Waals surface area contributed by atoms with Crippen LogP contribution in [0.15, 0.2) is 18.2 Å². The van der Waals surface area contributed by atoms with E-state index >= 15 is 0 Å². The van der Waals surface area contributed by atoms with Gasteiger partial charge in [0.2, 0.25) is 0 Å². The van der Waals surface area contributed by atoms with Crippen LogP contribution in [0.5, 0.6) is 0 Å². The van der Waals surface area contributed by atoms with Crippen molar-refractivity contribution in [2.75, 3.05) is 0 Å². The van der Waals surface area contributed by atoms with Crippen LogP contribution in [0.25, 0.3) is 0 Å². The van der Waals surface area contributed by atoms with Gasteiger partial charge in [-0.05, 0) is 17.4 Å². The first-order chi connectivity index (χ1) is 8.78. The van der Waals surface area contributed by atoms with Gasteiger partial charge in [-0.25, -0.2) is 0 Å². The highest BCUT2D eigenvalue weighted by molar-refractivity contribution is 6.59. The van der Waals surface area contributed by atoms with Crippen molar-refractivity contribution in [2.45, 2.75) is 19.4 Å². The van der Waals surface area contributed by atoms with E-state index in [1.165, 1.54) is 0 Å². The molecule has 6 heteroatoms. The molecule has 15 heavy (non-hydrogen) atoms. The van der Waals surface area contributed by atoms with Crippen molar-refractivity contribution in [3.63, 3.8) is 0 Å². The van der Waals surface area contributed by atoms with E-state index in [0.717, 1.165) is 0 Å². The molecule has 82 valence electrons. The molecule has 0 amide bonds. The molecule has 0 aliphatic carbocycles. The molecule has 0 aromatic heterocycles. The number of halogens is 3. The van der Waals surface area contributed by atoms with E-state index in [1.54, 1.807) is 0 Å². The molecule has 0 aliphatic heterocycles.